The number of aromatic nitrogens is 2. The molecule has 0 unspecified atom stereocenters. The van der Waals surface area contributed by atoms with Gasteiger partial charge in [-0.15, -0.1) is 0 Å². The van der Waals surface area contributed by atoms with Crippen molar-refractivity contribution in [2.45, 2.75) is 19.9 Å². The van der Waals surface area contributed by atoms with E-state index in [2.05, 4.69) is 15.3 Å². The molecule has 92 valence electrons. The molecule has 1 rings (SSSR count). The minimum absolute atomic E-state index is 0.0290. The molecule has 0 aliphatic heterocycles. The second-order valence-corrected chi connectivity index (χ2v) is 4.14. The first kappa shape index (κ1) is 13.4. The number of hydrogen-bond donors (Lipinski definition) is 2. The first-order chi connectivity index (χ1) is 7.91. The number of nitrogens with one attached hydrogen (secondary N) is 1. The molecule has 0 aliphatic rings. The van der Waals surface area contributed by atoms with Gasteiger partial charge in [0.15, 0.2) is 0 Å². The van der Waals surface area contributed by atoms with E-state index in [1.807, 2.05) is 0 Å². The third-order valence-electron chi connectivity index (χ3n) is 2.07. The van der Waals surface area contributed by atoms with Gasteiger partial charge in [-0.05, 0) is 5.92 Å². The summed E-state index contributed by atoms with van der Waals surface area (Å²) in [5, 5.41) is 11.4. The average molecular weight is 258 g/mol. The lowest BCUT2D eigenvalue weighted by molar-refractivity contribution is -0.140. The second kappa shape index (κ2) is 5.58. The lowest BCUT2D eigenvalue weighted by Gasteiger charge is -2.17. The van der Waals surface area contributed by atoms with E-state index in [4.69, 9.17) is 16.7 Å². The number of nitrogens with zero attached hydrogens (tertiary/aromatic N) is 2. The molecule has 17 heavy (non-hydrogen) atoms. The van der Waals surface area contributed by atoms with Gasteiger partial charge in [0.2, 0.25) is 0 Å². The lowest BCUT2D eigenvalue weighted by atomic mass is 10.0. The van der Waals surface area contributed by atoms with Gasteiger partial charge in [0.25, 0.3) is 5.91 Å². The van der Waals surface area contributed by atoms with Gasteiger partial charge in [-0.2, -0.15) is 0 Å². The number of hydrogen-bond acceptors (Lipinski definition) is 4. The molecule has 1 aromatic rings. The summed E-state index contributed by atoms with van der Waals surface area (Å²) in [5.74, 6) is -1.90. The zero-order chi connectivity index (χ0) is 13.0. The molecule has 0 aromatic carbocycles. The molecule has 2 N–H and O–H groups in total. The molecular weight excluding hydrogens is 246 g/mol. The molecule has 0 bridgehead atoms. The lowest BCUT2D eigenvalue weighted by Crippen LogP contribution is -2.44. The fraction of sp³-hybridized carbons (Fsp3) is 0.400. The number of halogens is 1. The summed E-state index contributed by atoms with van der Waals surface area (Å²) < 4.78 is 0. The summed E-state index contributed by atoms with van der Waals surface area (Å²) in [7, 11) is 0. The van der Waals surface area contributed by atoms with Crippen LogP contribution in [-0.4, -0.2) is 33.0 Å². The Hall–Kier alpha value is -1.69. The molecule has 0 aliphatic carbocycles. The van der Waals surface area contributed by atoms with Crippen molar-refractivity contribution in [3.05, 3.63) is 23.2 Å². The highest BCUT2D eigenvalue weighted by Gasteiger charge is 2.24. The van der Waals surface area contributed by atoms with E-state index in [9.17, 15) is 9.59 Å². The van der Waals surface area contributed by atoms with Crippen molar-refractivity contribution in [2.24, 2.45) is 5.92 Å². The van der Waals surface area contributed by atoms with Crippen molar-refractivity contribution in [2.75, 3.05) is 0 Å². The Labute approximate surface area is 103 Å². The topological polar surface area (TPSA) is 92.2 Å². The highest BCUT2D eigenvalue weighted by atomic mass is 35.5. The smallest absolute Gasteiger partial charge is 0.326 e. The second-order valence-electron chi connectivity index (χ2n) is 3.76. The van der Waals surface area contributed by atoms with Crippen molar-refractivity contribution in [1.29, 1.82) is 0 Å². The molecular formula is C10H12ClN3O3. The van der Waals surface area contributed by atoms with Crippen LogP contribution in [0, 0.1) is 5.92 Å². The predicted molar refractivity (Wildman–Crippen MR) is 60.8 cm³/mol. The number of carboxylic acids is 1. The molecule has 0 saturated heterocycles. The Kier molecular flexibility index (Phi) is 4.39. The Morgan fingerprint density at radius 3 is 2.41 bits per heavy atom. The van der Waals surface area contributed by atoms with Crippen LogP contribution in [0.25, 0.3) is 0 Å². The minimum atomic E-state index is -1.09. The van der Waals surface area contributed by atoms with Gasteiger partial charge in [0, 0.05) is 0 Å². The van der Waals surface area contributed by atoms with Gasteiger partial charge >= 0.3 is 5.97 Å². The maximum atomic E-state index is 11.7. The molecule has 0 spiro atoms. The van der Waals surface area contributed by atoms with Crippen molar-refractivity contribution >= 4 is 23.5 Å². The van der Waals surface area contributed by atoms with Crippen LogP contribution in [0.15, 0.2) is 12.4 Å². The van der Waals surface area contributed by atoms with Gasteiger partial charge in [-0.1, -0.05) is 25.4 Å². The first-order valence-electron chi connectivity index (χ1n) is 4.93. The quantitative estimate of drug-likeness (QED) is 0.838. The fourth-order valence-electron chi connectivity index (χ4n) is 1.16. The summed E-state index contributed by atoms with van der Waals surface area (Å²) in [4.78, 5) is 30.0. The van der Waals surface area contributed by atoms with Crippen LogP contribution in [-0.2, 0) is 4.79 Å². The standard InChI is InChI=1S/C10H12ClN3O3/c1-5(2)8(10(16)17)14-9(15)6-3-13-7(11)4-12-6/h3-5,8H,1-2H3,(H,14,15)(H,16,17)/t8-/m1/s1. The molecule has 1 amide bonds. The SMILES string of the molecule is CC(C)[C@@H](NC(=O)c1cnc(Cl)cn1)C(=O)O. The highest BCUT2D eigenvalue weighted by molar-refractivity contribution is 6.29. The van der Waals surface area contributed by atoms with E-state index in [0.29, 0.717) is 0 Å². The number of amides is 1. The van der Waals surface area contributed by atoms with Gasteiger partial charge in [-0.25, -0.2) is 14.8 Å². The average Bonchev–Trinajstić information content (AvgIpc) is 2.25. The van der Waals surface area contributed by atoms with E-state index in [-0.39, 0.29) is 16.8 Å². The number of carbonyl (C=O) groups excluding carboxylic acids is 1. The maximum Gasteiger partial charge on any atom is 0.326 e. The van der Waals surface area contributed by atoms with E-state index >= 15 is 0 Å². The Morgan fingerprint density at radius 2 is 2.00 bits per heavy atom. The van der Waals surface area contributed by atoms with Crippen LogP contribution in [0.1, 0.15) is 24.3 Å². The van der Waals surface area contributed by atoms with E-state index in [1.54, 1.807) is 13.8 Å². The van der Waals surface area contributed by atoms with Gasteiger partial charge < -0.3 is 10.4 Å². The summed E-state index contributed by atoms with van der Waals surface area (Å²) in [6.07, 6.45) is 2.42. The van der Waals surface area contributed by atoms with Crippen LogP contribution < -0.4 is 5.32 Å². The summed E-state index contributed by atoms with van der Waals surface area (Å²) in [6.45, 7) is 3.40. The Morgan fingerprint density at radius 1 is 1.35 bits per heavy atom. The van der Waals surface area contributed by atoms with Crippen LogP contribution in [0.3, 0.4) is 0 Å². The van der Waals surface area contributed by atoms with Crippen molar-refractivity contribution in [3.63, 3.8) is 0 Å². The zero-order valence-electron chi connectivity index (χ0n) is 9.35. The number of aliphatic carboxylic acids is 1. The fourth-order valence-corrected chi connectivity index (χ4v) is 1.26. The molecule has 1 heterocycles. The normalized spacial score (nSPS) is 12.2. The predicted octanol–water partition coefficient (Wildman–Crippen LogP) is 0.969. The molecule has 0 radical (unpaired) electrons. The Bertz CT molecular complexity index is 419. The van der Waals surface area contributed by atoms with Crippen molar-refractivity contribution in [1.82, 2.24) is 15.3 Å². The zero-order valence-corrected chi connectivity index (χ0v) is 10.1. The van der Waals surface area contributed by atoms with Crippen LogP contribution in [0.5, 0.6) is 0 Å². The number of carboxylic acid groups (broad SMARTS) is 1. The third-order valence-corrected chi connectivity index (χ3v) is 2.27. The van der Waals surface area contributed by atoms with E-state index in [1.165, 1.54) is 12.4 Å². The molecule has 6 nitrogen and oxygen atoms in total. The van der Waals surface area contributed by atoms with E-state index < -0.39 is 17.9 Å². The first-order valence-corrected chi connectivity index (χ1v) is 5.31. The maximum absolute atomic E-state index is 11.7. The van der Waals surface area contributed by atoms with Crippen LogP contribution in [0.2, 0.25) is 5.15 Å². The van der Waals surface area contributed by atoms with Crippen molar-refractivity contribution < 1.29 is 14.7 Å². The highest BCUT2D eigenvalue weighted by Crippen LogP contribution is 2.05. The molecule has 0 fully saturated rings. The van der Waals surface area contributed by atoms with Gasteiger partial charge in [0.1, 0.15) is 16.9 Å². The molecule has 1 aromatic heterocycles. The van der Waals surface area contributed by atoms with Gasteiger partial charge in [0.05, 0.1) is 12.4 Å². The summed E-state index contributed by atoms with van der Waals surface area (Å²) >= 11 is 5.52. The van der Waals surface area contributed by atoms with Gasteiger partial charge in [-0.3, -0.25) is 4.79 Å². The number of carbonyl (C=O) groups is 2. The molecule has 7 heteroatoms. The summed E-state index contributed by atoms with van der Waals surface area (Å²) in [6, 6.07) is -0.958. The monoisotopic (exact) mass is 257 g/mol. The molecule has 1 atom stereocenters. The van der Waals surface area contributed by atoms with E-state index in [0.717, 1.165) is 0 Å². The van der Waals surface area contributed by atoms with Crippen LogP contribution in [0.4, 0.5) is 0 Å². The third kappa shape index (κ3) is 3.67. The van der Waals surface area contributed by atoms with Crippen LogP contribution >= 0.6 is 11.6 Å². The minimum Gasteiger partial charge on any atom is -0.480 e. The van der Waals surface area contributed by atoms with Crippen molar-refractivity contribution in [3.8, 4) is 0 Å². The summed E-state index contributed by atoms with van der Waals surface area (Å²) in [5.41, 5.74) is 0.0290. The largest absolute Gasteiger partial charge is 0.480 e. The Balaban J connectivity index is 2.77. The number of rotatable bonds is 4. The molecule has 0 saturated carbocycles.